The minimum absolute atomic E-state index is 0.193. The SMILES string of the molecule is COc1cccc(CN2C(=O)OCC2C2CCNCC2)c1. The summed E-state index contributed by atoms with van der Waals surface area (Å²) in [5, 5.41) is 3.37. The highest BCUT2D eigenvalue weighted by Crippen LogP contribution is 2.28. The largest absolute Gasteiger partial charge is 0.497 e. The van der Waals surface area contributed by atoms with Crippen molar-refractivity contribution in [1.29, 1.82) is 0 Å². The predicted octanol–water partition coefficient (Wildman–Crippen LogP) is 2.02. The van der Waals surface area contributed by atoms with Gasteiger partial charge in [-0.15, -0.1) is 0 Å². The summed E-state index contributed by atoms with van der Waals surface area (Å²) in [7, 11) is 1.65. The van der Waals surface area contributed by atoms with Gasteiger partial charge in [0.2, 0.25) is 0 Å². The first-order valence-electron chi connectivity index (χ1n) is 7.55. The third-order valence-corrected chi connectivity index (χ3v) is 4.43. The lowest BCUT2D eigenvalue weighted by Crippen LogP contribution is -2.43. The average molecular weight is 290 g/mol. The molecular weight excluding hydrogens is 268 g/mol. The van der Waals surface area contributed by atoms with Gasteiger partial charge in [0.1, 0.15) is 12.4 Å². The molecule has 0 aromatic heterocycles. The molecule has 1 atom stereocenters. The van der Waals surface area contributed by atoms with Gasteiger partial charge in [-0.3, -0.25) is 4.90 Å². The molecule has 2 saturated heterocycles. The number of hydrogen-bond donors (Lipinski definition) is 1. The molecule has 0 bridgehead atoms. The highest BCUT2D eigenvalue weighted by molar-refractivity contribution is 5.70. The molecule has 1 aromatic rings. The molecule has 0 spiro atoms. The van der Waals surface area contributed by atoms with Crippen molar-refractivity contribution in [3.05, 3.63) is 29.8 Å². The Morgan fingerprint density at radius 1 is 1.38 bits per heavy atom. The molecule has 2 heterocycles. The van der Waals surface area contributed by atoms with Crippen LogP contribution in [0.1, 0.15) is 18.4 Å². The molecule has 2 aliphatic rings. The molecule has 5 heteroatoms. The maximum Gasteiger partial charge on any atom is 0.410 e. The van der Waals surface area contributed by atoms with E-state index in [9.17, 15) is 4.79 Å². The van der Waals surface area contributed by atoms with Crippen LogP contribution in [0.15, 0.2) is 24.3 Å². The predicted molar refractivity (Wildman–Crippen MR) is 79.3 cm³/mol. The van der Waals surface area contributed by atoms with E-state index in [1.807, 2.05) is 29.2 Å². The number of piperidine rings is 1. The van der Waals surface area contributed by atoms with Gasteiger partial charge in [-0.25, -0.2) is 4.79 Å². The van der Waals surface area contributed by atoms with Crippen molar-refractivity contribution in [2.45, 2.75) is 25.4 Å². The minimum atomic E-state index is -0.193. The Kier molecular flexibility index (Phi) is 4.29. The summed E-state index contributed by atoms with van der Waals surface area (Å²) in [4.78, 5) is 13.9. The number of hydrogen-bond acceptors (Lipinski definition) is 4. The van der Waals surface area contributed by atoms with Gasteiger partial charge in [0.15, 0.2) is 0 Å². The fraction of sp³-hybridized carbons (Fsp3) is 0.562. The van der Waals surface area contributed by atoms with Crippen LogP contribution in [0.25, 0.3) is 0 Å². The van der Waals surface area contributed by atoms with Gasteiger partial charge in [0.25, 0.3) is 0 Å². The second kappa shape index (κ2) is 6.35. The van der Waals surface area contributed by atoms with Crippen molar-refractivity contribution in [2.75, 3.05) is 26.8 Å². The van der Waals surface area contributed by atoms with Gasteiger partial charge in [-0.05, 0) is 49.5 Å². The van der Waals surface area contributed by atoms with E-state index < -0.39 is 0 Å². The van der Waals surface area contributed by atoms with Gasteiger partial charge >= 0.3 is 6.09 Å². The van der Waals surface area contributed by atoms with E-state index in [2.05, 4.69) is 5.32 Å². The van der Waals surface area contributed by atoms with E-state index in [0.717, 1.165) is 37.2 Å². The summed E-state index contributed by atoms with van der Waals surface area (Å²) < 4.78 is 10.5. The molecule has 0 saturated carbocycles. The van der Waals surface area contributed by atoms with Crippen LogP contribution in [0.4, 0.5) is 4.79 Å². The Labute approximate surface area is 125 Å². The quantitative estimate of drug-likeness (QED) is 0.921. The van der Waals surface area contributed by atoms with Gasteiger partial charge in [0, 0.05) is 6.54 Å². The number of benzene rings is 1. The van der Waals surface area contributed by atoms with E-state index in [0.29, 0.717) is 19.1 Å². The van der Waals surface area contributed by atoms with E-state index in [1.165, 1.54) is 0 Å². The first kappa shape index (κ1) is 14.2. The lowest BCUT2D eigenvalue weighted by Gasteiger charge is -2.32. The van der Waals surface area contributed by atoms with Gasteiger partial charge in [-0.1, -0.05) is 12.1 Å². The Morgan fingerprint density at radius 3 is 2.95 bits per heavy atom. The fourth-order valence-corrected chi connectivity index (χ4v) is 3.23. The zero-order chi connectivity index (χ0) is 14.7. The zero-order valence-corrected chi connectivity index (χ0v) is 12.4. The standard InChI is InChI=1S/C16H22N2O3/c1-20-14-4-2-3-12(9-14)10-18-15(11-21-16(18)19)13-5-7-17-8-6-13/h2-4,9,13,15,17H,5-8,10-11H2,1H3. The Morgan fingerprint density at radius 2 is 2.19 bits per heavy atom. The van der Waals surface area contributed by atoms with Crippen molar-refractivity contribution in [1.82, 2.24) is 10.2 Å². The van der Waals surface area contributed by atoms with Crippen LogP contribution in [-0.4, -0.2) is 43.8 Å². The summed E-state index contributed by atoms with van der Waals surface area (Å²) >= 11 is 0. The highest BCUT2D eigenvalue weighted by Gasteiger charge is 2.38. The minimum Gasteiger partial charge on any atom is -0.497 e. The molecule has 1 N–H and O–H groups in total. The summed E-state index contributed by atoms with van der Waals surface area (Å²) in [5.74, 6) is 1.35. The summed E-state index contributed by atoms with van der Waals surface area (Å²) in [6, 6.07) is 8.06. The molecule has 21 heavy (non-hydrogen) atoms. The number of rotatable bonds is 4. The number of cyclic esters (lactones) is 1. The van der Waals surface area contributed by atoms with Crippen LogP contribution in [0.3, 0.4) is 0 Å². The molecule has 5 nitrogen and oxygen atoms in total. The van der Waals surface area contributed by atoms with Crippen molar-refractivity contribution < 1.29 is 14.3 Å². The summed E-state index contributed by atoms with van der Waals surface area (Å²) in [6.07, 6.45) is 2.02. The van der Waals surface area contributed by atoms with E-state index in [-0.39, 0.29) is 12.1 Å². The van der Waals surface area contributed by atoms with Crippen molar-refractivity contribution >= 4 is 6.09 Å². The van der Waals surface area contributed by atoms with Gasteiger partial charge < -0.3 is 14.8 Å². The fourth-order valence-electron chi connectivity index (χ4n) is 3.23. The van der Waals surface area contributed by atoms with Gasteiger partial charge in [-0.2, -0.15) is 0 Å². The molecule has 2 fully saturated rings. The van der Waals surface area contributed by atoms with Crippen molar-refractivity contribution in [3.8, 4) is 5.75 Å². The monoisotopic (exact) mass is 290 g/mol. The van der Waals surface area contributed by atoms with Crippen LogP contribution in [0.2, 0.25) is 0 Å². The van der Waals surface area contributed by atoms with Crippen LogP contribution < -0.4 is 10.1 Å². The third kappa shape index (κ3) is 3.13. The van der Waals surface area contributed by atoms with E-state index >= 15 is 0 Å². The van der Waals surface area contributed by atoms with Crippen molar-refractivity contribution in [3.63, 3.8) is 0 Å². The Bertz CT molecular complexity index is 500. The molecule has 1 amide bonds. The number of nitrogens with one attached hydrogen (secondary N) is 1. The molecule has 0 aliphatic carbocycles. The molecule has 114 valence electrons. The lowest BCUT2D eigenvalue weighted by molar-refractivity contribution is 0.151. The van der Waals surface area contributed by atoms with E-state index in [1.54, 1.807) is 7.11 Å². The first-order chi connectivity index (χ1) is 10.3. The average Bonchev–Trinajstić information content (AvgIpc) is 2.89. The van der Waals surface area contributed by atoms with Crippen molar-refractivity contribution in [2.24, 2.45) is 5.92 Å². The summed E-state index contributed by atoms with van der Waals surface area (Å²) in [6.45, 7) is 3.17. The van der Waals surface area contributed by atoms with Crippen LogP contribution in [0.5, 0.6) is 5.75 Å². The lowest BCUT2D eigenvalue weighted by atomic mass is 9.90. The maximum atomic E-state index is 12.0. The van der Waals surface area contributed by atoms with Crippen LogP contribution in [-0.2, 0) is 11.3 Å². The molecule has 1 aromatic carbocycles. The highest BCUT2D eigenvalue weighted by atomic mass is 16.6. The number of amides is 1. The Hall–Kier alpha value is -1.75. The zero-order valence-electron chi connectivity index (χ0n) is 12.4. The number of carbonyl (C=O) groups excluding carboxylic acids is 1. The molecule has 3 rings (SSSR count). The van der Waals surface area contributed by atoms with Gasteiger partial charge in [0.05, 0.1) is 13.2 Å². The molecule has 1 unspecified atom stereocenters. The second-order valence-electron chi connectivity index (χ2n) is 5.71. The maximum absolute atomic E-state index is 12.0. The van der Waals surface area contributed by atoms with E-state index in [4.69, 9.17) is 9.47 Å². The normalized spacial score (nSPS) is 23.2. The molecule has 0 radical (unpaired) electrons. The number of ether oxygens (including phenoxy) is 2. The second-order valence-corrected chi connectivity index (χ2v) is 5.71. The number of methoxy groups -OCH3 is 1. The van der Waals surface area contributed by atoms with Crippen LogP contribution in [0, 0.1) is 5.92 Å². The molecular formula is C16H22N2O3. The smallest absolute Gasteiger partial charge is 0.410 e. The number of nitrogens with zero attached hydrogens (tertiary/aromatic N) is 1. The molecule has 2 aliphatic heterocycles. The topological polar surface area (TPSA) is 50.8 Å². The number of carbonyl (C=O) groups is 1. The third-order valence-electron chi connectivity index (χ3n) is 4.43. The van der Waals surface area contributed by atoms with Crippen LogP contribution >= 0.6 is 0 Å². The first-order valence-corrected chi connectivity index (χ1v) is 7.55. The summed E-state index contributed by atoms with van der Waals surface area (Å²) in [5.41, 5.74) is 1.08. The Balaban J connectivity index is 1.72.